The third-order valence-corrected chi connectivity index (χ3v) is 5.02. The molecule has 1 saturated heterocycles. The van der Waals surface area contributed by atoms with Crippen molar-refractivity contribution in [1.29, 1.82) is 0 Å². The Morgan fingerprint density at radius 2 is 1.29 bits per heavy atom. The number of hydrogen-bond acceptors (Lipinski definition) is 1. The van der Waals surface area contributed by atoms with E-state index in [0.717, 1.165) is 17.8 Å². The fourth-order valence-corrected chi connectivity index (χ4v) is 4.40. The Morgan fingerprint density at radius 1 is 0.824 bits per heavy atom. The van der Waals surface area contributed by atoms with Gasteiger partial charge < -0.3 is 0 Å². The summed E-state index contributed by atoms with van der Waals surface area (Å²) in [5, 5.41) is 0. The lowest BCUT2D eigenvalue weighted by Crippen LogP contribution is -2.57. The molecule has 2 bridgehead atoms. The monoisotopic (exact) mass is 237 g/mol. The van der Waals surface area contributed by atoms with Gasteiger partial charge in [-0.2, -0.15) is 0 Å². The van der Waals surface area contributed by atoms with E-state index >= 15 is 0 Å². The van der Waals surface area contributed by atoms with Crippen molar-refractivity contribution in [2.45, 2.75) is 66.3 Å². The lowest BCUT2D eigenvalue weighted by Gasteiger charge is -2.55. The van der Waals surface area contributed by atoms with Crippen molar-refractivity contribution in [2.75, 3.05) is 13.1 Å². The van der Waals surface area contributed by atoms with Gasteiger partial charge in [-0.3, -0.25) is 4.90 Å². The molecule has 1 heterocycles. The lowest BCUT2D eigenvalue weighted by molar-refractivity contribution is -0.0625. The summed E-state index contributed by atoms with van der Waals surface area (Å²) in [7, 11) is 0. The number of likely N-dealkylation sites (tertiary alicyclic amines) is 1. The van der Waals surface area contributed by atoms with E-state index in [1.807, 2.05) is 0 Å². The van der Waals surface area contributed by atoms with Crippen LogP contribution in [0.4, 0.5) is 0 Å². The first kappa shape index (κ1) is 13.4. The van der Waals surface area contributed by atoms with Crippen LogP contribution in [0.15, 0.2) is 0 Å². The van der Waals surface area contributed by atoms with Crippen LogP contribution in [0.2, 0.25) is 0 Å². The molecule has 0 aromatic rings. The smallest absolute Gasteiger partial charge is 0.0125 e. The molecule has 0 aromatic heterocycles. The molecule has 1 heteroatoms. The zero-order valence-corrected chi connectivity index (χ0v) is 12.7. The molecule has 0 amide bonds. The van der Waals surface area contributed by atoms with Gasteiger partial charge in [0.1, 0.15) is 0 Å². The normalized spacial score (nSPS) is 36.0. The molecule has 2 unspecified atom stereocenters. The molecule has 1 aliphatic carbocycles. The van der Waals surface area contributed by atoms with Crippen LogP contribution in [0.25, 0.3) is 0 Å². The van der Waals surface area contributed by atoms with E-state index < -0.39 is 0 Å². The molecule has 2 aliphatic rings. The quantitative estimate of drug-likeness (QED) is 0.611. The Morgan fingerprint density at radius 3 is 1.65 bits per heavy atom. The van der Waals surface area contributed by atoms with Crippen LogP contribution in [0, 0.1) is 23.2 Å². The first-order valence-electron chi connectivity index (χ1n) is 7.44. The summed E-state index contributed by atoms with van der Waals surface area (Å²) in [6.07, 6.45) is 4.40. The fourth-order valence-electron chi connectivity index (χ4n) is 4.40. The largest absolute Gasteiger partial charge is 0.298 e. The minimum atomic E-state index is 0.358. The molecule has 1 saturated carbocycles. The molecule has 2 fully saturated rings. The van der Waals surface area contributed by atoms with Crippen molar-refractivity contribution in [2.24, 2.45) is 23.2 Å². The van der Waals surface area contributed by atoms with E-state index in [0.29, 0.717) is 11.0 Å². The summed E-state index contributed by atoms with van der Waals surface area (Å²) in [5.41, 5.74) is 0.858. The van der Waals surface area contributed by atoms with Crippen molar-refractivity contribution in [3.63, 3.8) is 0 Å². The van der Waals surface area contributed by atoms with Gasteiger partial charge in [0.15, 0.2) is 0 Å². The predicted octanol–water partition coefficient (Wildman–Crippen LogP) is 4.18. The van der Waals surface area contributed by atoms with E-state index in [1.165, 1.54) is 32.4 Å². The SMILES string of the molecule is CC(C)(C)C1C2CCCC1CN(C(C)(C)C)C2. The molecule has 0 radical (unpaired) electrons. The Labute approximate surface area is 108 Å². The molecule has 0 spiro atoms. The van der Waals surface area contributed by atoms with Gasteiger partial charge in [0.25, 0.3) is 0 Å². The first-order valence-corrected chi connectivity index (χ1v) is 7.44. The van der Waals surface area contributed by atoms with Crippen LogP contribution in [0.1, 0.15) is 60.8 Å². The minimum Gasteiger partial charge on any atom is -0.298 e. The van der Waals surface area contributed by atoms with Gasteiger partial charge in [0.05, 0.1) is 0 Å². The molecule has 17 heavy (non-hydrogen) atoms. The van der Waals surface area contributed by atoms with Crippen molar-refractivity contribution < 1.29 is 0 Å². The van der Waals surface area contributed by atoms with E-state index in [1.54, 1.807) is 0 Å². The van der Waals surface area contributed by atoms with Crippen LogP contribution >= 0.6 is 0 Å². The van der Waals surface area contributed by atoms with Gasteiger partial charge in [-0.1, -0.05) is 27.2 Å². The highest BCUT2D eigenvalue weighted by Gasteiger charge is 2.46. The summed E-state index contributed by atoms with van der Waals surface area (Å²) < 4.78 is 0. The summed E-state index contributed by atoms with van der Waals surface area (Å²) in [5.74, 6) is 2.85. The summed E-state index contributed by atoms with van der Waals surface area (Å²) in [6.45, 7) is 17.2. The molecule has 100 valence electrons. The predicted molar refractivity (Wildman–Crippen MR) is 75.1 cm³/mol. The highest BCUT2D eigenvalue weighted by Crippen LogP contribution is 2.49. The summed E-state index contributed by atoms with van der Waals surface area (Å²) >= 11 is 0. The first-order chi connectivity index (χ1) is 7.69. The average molecular weight is 237 g/mol. The van der Waals surface area contributed by atoms with Crippen molar-refractivity contribution in [3.8, 4) is 0 Å². The second kappa shape index (κ2) is 4.26. The third-order valence-electron chi connectivity index (χ3n) is 5.02. The van der Waals surface area contributed by atoms with E-state index in [2.05, 4.69) is 46.4 Å². The number of rotatable bonds is 0. The van der Waals surface area contributed by atoms with Gasteiger partial charge in [0, 0.05) is 18.6 Å². The highest BCUT2D eigenvalue weighted by atomic mass is 15.2. The maximum absolute atomic E-state index is 2.74. The van der Waals surface area contributed by atoms with Gasteiger partial charge in [-0.25, -0.2) is 0 Å². The Kier molecular flexibility index (Phi) is 3.36. The Bertz CT molecular complexity index is 254. The van der Waals surface area contributed by atoms with Gasteiger partial charge in [-0.05, 0) is 56.8 Å². The van der Waals surface area contributed by atoms with Crippen LogP contribution in [0.3, 0.4) is 0 Å². The number of fused-ring (bicyclic) bond motifs is 2. The van der Waals surface area contributed by atoms with E-state index in [9.17, 15) is 0 Å². The molecule has 2 atom stereocenters. The Balaban J connectivity index is 2.17. The van der Waals surface area contributed by atoms with Crippen molar-refractivity contribution in [3.05, 3.63) is 0 Å². The lowest BCUT2D eigenvalue weighted by atomic mass is 9.59. The fraction of sp³-hybridized carbons (Fsp3) is 1.00. The standard InChI is InChI=1S/C16H31N/c1-15(2,3)14-12-8-7-9-13(14)11-17(10-12)16(4,5)6/h12-14H,7-11H2,1-6H3. The van der Waals surface area contributed by atoms with Gasteiger partial charge >= 0.3 is 0 Å². The summed E-state index contributed by atoms with van der Waals surface area (Å²) in [6, 6.07) is 0. The zero-order valence-electron chi connectivity index (χ0n) is 12.7. The second-order valence-corrected chi connectivity index (χ2v) is 8.42. The van der Waals surface area contributed by atoms with Crippen LogP contribution in [-0.2, 0) is 0 Å². The van der Waals surface area contributed by atoms with Crippen LogP contribution in [0.5, 0.6) is 0 Å². The van der Waals surface area contributed by atoms with Gasteiger partial charge in [-0.15, -0.1) is 0 Å². The van der Waals surface area contributed by atoms with E-state index in [4.69, 9.17) is 0 Å². The van der Waals surface area contributed by atoms with Gasteiger partial charge in [0.2, 0.25) is 0 Å². The molecular formula is C16H31N. The molecule has 1 aliphatic heterocycles. The zero-order chi connectivity index (χ0) is 12.8. The second-order valence-electron chi connectivity index (χ2n) is 8.42. The molecule has 1 nitrogen and oxygen atoms in total. The number of hydrogen-bond donors (Lipinski definition) is 0. The third kappa shape index (κ3) is 2.70. The number of piperidine rings is 1. The topological polar surface area (TPSA) is 3.24 Å². The summed E-state index contributed by atoms with van der Waals surface area (Å²) in [4.78, 5) is 2.74. The number of nitrogens with zero attached hydrogens (tertiary/aromatic N) is 1. The van der Waals surface area contributed by atoms with Crippen LogP contribution < -0.4 is 0 Å². The molecule has 2 rings (SSSR count). The Hall–Kier alpha value is -0.0400. The minimum absolute atomic E-state index is 0.358. The molecule has 0 aromatic carbocycles. The van der Waals surface area contributed by atoms with E-state index in [-0.39, 0.29) is 0 Å². The highest BCUT2D eigenvalue weighted by molar-refractivity contribution is 4.97. The van der Waals surface area contributed by atoms with Crippen LogP contribution in [-0.4, -0.2) is 23.5 Å². The van der Waals surface area contributed by atoms with Crippen molar-refractivity contribution >= 4 is 0 Å². The average Bonchev–Trinajstić information content (AvgIpc) is 2.12. The maximum atomic E-state index is 2.74. The maximum Gasteiger partial charge on any atom is 0.0125 e. The van der Waals surface area contributed by atoms with Crippen molar-refractivity contribution in [1.82, 2.24) is 4.90 Å². The molecular weight excluding hydrogens is 206 g/mol. The molecule has 0 N–H and O–H groups in total.